The van der Waals surface area contributed by atoms with E-state index in [1.165, 1.54) is 0 Å². The molecule has 17 heavy (non-hydrogen) atoms. The highest BCUT2D eigenvalue weighted by atomic mass is 32.1. The zero-order valence-corrected chi connectivity index (χ0v) is 9.72. The molecule has 1 N–H and O–H groups in total. The molecule has 86 valence electrons. The van der Waals surface area contributed by atoms with E-state index in [4.69, 9.17) is 5.11 Å². The Morgan fingerprint density at radius 2 is 2.18 bits per heavy atom. The number of carboxylic acid groups (broad SMARTS) is 1. The molecule has 1 aliphatic carbocycles. The lowest BCUT2D eigenvalue weighted by Crippen LogP contribution is -1.98. The standard InChI is InChI=1S/C12H10N2O2S/c15-12(16)9-5-8(9)10-6-17-11(14-10)7-1-3-13-4-2-7/h1-4,6,8-9H,5H2,(H,15,16). The maximum absolute atomic E-state index is 10.8. The van der Waals surface area contributed by atoms with Gasteiger partial charge >= 0.3 is 5.97 Å². The molecule has 2 aromatic heterocycles. The largest absolute Gasteiger partial charge is 0.481 e. The van der Waals surface area contributed by atoms with Crippen LogP contribution < -0.4 is 0 Å². The summed E-state index contributed by atoms with van der Waals surface area (Å²) in [6, 6.07) is 3.81. The van der Waals surface area contributed by atoms with E-state index in [9.17, 15) is 4.79 Å². The molecule has 2 aromatic rings. The third kappa shape index (κ3) is 1.93. The molecule has 2 atom stereocenters. The number of nitrogens with zero attached hydrogens (tertiary/aromatic N) is 2. The molecule has 0 aliphatic heterocycles. The molecular formula is C12H10N2O2S. The second kappa shape index (κ2) is 3.92. The van der Waals surface area contributed by atoms with Crippen molar-refractivity contribution in [3.8, 4) is 10.6 Å². The van der Waals surface area contributed by atoms with Gasteiger partial charge in [0.25, 0.3) is 0 Å². The Morgan fingerprint density at radius 1 is 1.41 bits per heavy atom. The van der Waals surface area contributed by atoms with Gasteiger partial charge in [-0.05, 0) is 18.6 Å². The van der Waals surface area contributed by atoms with Gasteiger partial charge in [0.2, 0.25) is 0 Å². The average Bonchev–Trinajstić information content (AvgIpc) is 3.01. The molecule has 1 fully saturated rings. The Morgan fingerprint density at radius 3 is 2.82 bits per heavy atom. The molecule has 4 nitrogen and oxygen atoms in total. The smallest absolute Gasteiger partial charge is 0.307 e. The van der Waals surface area contributed by atoms with Crippen molar-refractivity contribution >= 4 is 17.3 Å². The van der Waals surface area contributed by atoms with Crippen molar-refractivity contribution in [2.24, 2.45) is 5.92 Å². The molecule has 0 amide bonds. The summed E-state index contributed by atoms with van der Waals surface area (Å²) in [5.41, 5.74) is 1.94. The van der Waals surface area contributed by atoms with Crippen LogP contribution in [0.2, 0.25) is 0 Å². The number of rotatable bonds is 3. The number of hydrogen-bond donors (Lipinski definition) is 1. The van der Waals surface area contributed by atoms with E-state index in [-0.39, 0.29) is 11.8 Å². The summed E-state index contributed by atoms with van der Waals surface area (Å²) in [6.07, 6.45) is 4.18. The molecule has 0 spiro atoms. The van der Waals surface area contributed by atoms with Gasteiger partial charge in [0.1, 0.15) is 5.01 Å². The number of aliphatic carboxylic acids is 1. The van der Waals surface area contributed by atoms with Gasteiger partial charge in [-0.1, -0.05) is 0 Å². The van der Waals surface area contributed by atoms with E-state index in [1.54, 1.807) is 23.7 Å². The highest BCUT2D eigenvalue weighted by molar-refractivity contribution is 7.13. The van der Waals surface area contributed by atoms with Crippen LogP contribution in [0.3, 0.4) is 0 Å². The number of carbonyl (C=O) groups is 1. The van der Waals surface area contributed by atoms with Crippen LogP contribution in [-0.2, 0) is 4.79 Å². The van der Waals surface area contributed by atoms with Crippen LogP contribution in [-0.4, -0.2) is 21.0 Å². The summed E-state index contributed by atoms with van der Waals surface area (Å²) >= 11 is 1.55. The van der Waals surface area contributed by atoms with Crippen molar-refractivity contribution < 1.29 is 9.90 Å². The Labute approximate surface area is 102 Å². The van der Waals surface area contributed by atoms with Crippen LogP contribution in [0.15, 0.2) is 29.9 Å². The van der Waals surface area contributed by atoms with Gasteiger partial charge in [-0.3, -0.25) is 9.78 Å². The molecule has 2 heterocycles. The predicted octanol–water partition coefficient (Wildman–Crippen LogP) is 2.39. The van der Waals surface area contributed by atoms with Crippen molar-refractivity contribution in [1.82, 2.24) is 9.97 Å². The number of hydrogen-bond acceptors (Lipinski definition) is 4. The number of pyridine rings is 1. The van der Waals surface area contributed by atoms with Crippen molar-refractivity contribution in [1.29, 1.82) is 0 Å². The first-order valence-corrected chi connectivity index (χ1v) is 6.22. The number of carboxylic acids is 1. The van der Waals surface area contributed by atoms with Crippen LogP contribution in [0.1, 0.15) is 18.0 Å². The summed E-state index contributed by atoms with van der Waals surface area (Å²) in [6.45, 7) is 0. The lowest BCUT2D eigenvalue weighted by atomic mass is 10.2. The lowest BCUT2D eigenvalue weighted by Gasteiger charge is -1.93. The van der Waals surface area contributed by atoms with Crippen LogP contribution in [0, 0.1) is 5.92 Å². The third-order valence-electron chi connectivity index (χ3n) is 2.94. The highest BCUT2D eigenvalue weighted by Gasteiger charge is 2.45. The van der Waals surface area contributed by atoms with Crippen LogP contribution in [0.25, 0.3) is 10.6 Å². The molecule has 0 aromatic carbocycles. The summed E-state index contributed by atoms with van der Waals surface area (Å²) in [4.78, 5) is 19.3. The Balaban J connectivity index is 1.83. The first kappa shape index (κ1) is 10.4. The molecule has 0 saturated heterocycles. The fraction of sp³-hybridized carbons (Fsp3) is 0.250. The topological polar surface area (TPSA) is 63.1 Å². The summed E-state index contributed by atoms with van der Waals surface area (Å²) in [5, 5.41) is 11.8. The van der Waals surface area contributed by atoms with Crippen molar-refractivity contribution in [2.45, 2.75) is 12.3 Å². The minimum absolute atomic E-state index is 0.110. The van der Waals surface area contributed by atoms with Crippen LogP contribution in [0.5, 0.6) is 0 Å². The molecule has 3 rings (SSSR count). The van der Waals surface area contributed by atoms with Gasteiger partial charge in [0, 0.05) is 29.3 Å². The minimum atomic E-state index is -0.714. The van der Waals surface area contributed by atoms with Gasteiger partial charge in [-0.15, -0.1) is 11.3 Å². The zero-order valence-electron chi connectivity index (χ0n) is 8.91. The SMILES string of the molecule is O=C(O)C1CC1c1csc(-c2ccncc2)n1. The predicted molar refractivity (Wildman–Crippen MR) is 63.8 cm³/mol. The maximum atomic E-state index is 10.8. The highest BCUT2D eigenvalue weighted by Crippen LogP contribution is 2.48. The Bertz CT molecular complexity index is 553. The fourth-order valence-electron chi connectivity index (χ4n) is 1.88. The van der Waals surface area contributed by atoms with Gasteiger partial charge in [-0.2, -0.15) is 0 Å². The normalized spacial score (nSPS) is 22.4. The van der Waals surface area contributed by atoms with E-state index in [2.05, 4.69) is 9.97 Å². The molecule has 0 radical (unpaired) electrons. The van der Waals surface area contributed by atoms with Gasteiger partial charge < -0.3 is 5.11 Å². The van der Waals surface area contributed by atoms with Crippen LogP contribution in [0.4, 0.5) is 0 Å². The van der Waals surface area contributed by atoms with Gasteiger partial charge in [-0.25, -0.2) is 4.98 Å². The molecule has 5 heteroatoms. The van der Waals surface area contributed by atoms with Crippen molar-refractivity contribution in [2.75, 3.05) is 0 Å². The molecule has 1 aliphatic rings. The monoisotopic (exact) mass is 246 g/mol. The number of thiazole rings is 1. The van der Waals surface area contributed by atoms with E-state index in [1.807, 2.05) is 17.5 Å². The second-order valence-corrected chi connectivity index (χ2v) is 4.96. The molecule has 2 unspecified atom stereocenters. The van der Waals surface area contributed by atoms with E-state index < -0.39 is 5.97 Å². The first-order chi connectivity index (χ1) is 8.25. The summed E-state index contributed by atoms with van der Waals surface area (Å²) < 4.78 is 0. The van der Waals surface area contributed by atoms with Crippen LogP contribution >= 0.6 is 11.3 Å². The molecular weight excluding hydrogens is 236 g/mol. The van der Waals surface area contributed by atoms with E-state index in [0.717, 1.165) is 22.7 Å². The zero-order chi connectivity index (χ0) is 11.8. The number of aromatic nitrogens is 2. The molecule has 0 bridgehead atoms. The van der Waals surface area contributed by atoms with E-state index >= 15 is 0 Å². The third-order valence-corrected chi connectivity index (χ3v) is 3.85. The lowest BCUT2D eigenvalue weighted by molar-refractivity contribution is -0.138. The maximum Gasteiger partial charge on any atom is 0.307 e. The Hall–Kier alpha value is -1.75. The summed E-state index contributed by atoms with van der Waals surface area (Å²) in [7, 11) is 0. The average molecular weight is 246 g/mol. The van der Waals surface area contributed by atoms with E-state index in [0.29, 0.717) is 0 Å². The van der Waals surface area contributed by atoms with Crippen molar-refractivity contribution in [3.63, 3.8) is 0 Å². The van der Waals surface area contributed by atoms with Gasteiger partial charge in [0.15, 0.2) is 0 Å². The minimum Gasteiger partial charge on any atom is -0.481 e. The van der Waals surface area contributed by atoms with Gasteiger partial charge in [0.05, 0.1) is 11.6 Å². The fourth-order valence-corrected chi connectivity index (χ4v) is 2.77. The second-order valence-electron chi connectivity index (χ2n) is 4.10. The quantitative estimate of drug-likeness (QED) is 0.903. The van der Waals surface area contributed by atoms with Crippen molar-refractivity contribution in [3.05, 3.63) is 35.6 Å². The summed E-state index contributed by atoms with van der Waals surface area (Å²) in [5.74, 6) is -0.838. The Kier molecular flexibility index (Phi) is 2.40. The molecule has 1 saturated carbocycles. The first-order valence-electron chi connectivity index (χ1n) is 5.34.